The highest BCUT2D eigenvalue weighted by Crippen LogP contribution is 2.30. The van der Waals surface area contributed by atoms with Crippen LogP contribution < -0.4 is 5.32 Å². The van der Waals surface area contributed by atoms with Gasteiger partial charge in [0.05, 0.1) is 5.69 Å². The summed E-state index contributed by atoms with van der Waals surface area (Å²) < 4.78 is 6.66. The van der Waals surface area contributed by atoms with E-state index >= 15 is 0 Å². The first-order chi connectivity index (χ1) is 12.6. The molecule has 2 heterocycles. The number of hydrogen-bond donors (Lipinski definition) is 1. The van der Waals surface area contributed by atoms with E-state index in [0.717, 1.165) is 34.3 Å². The molecule has 3 aromatic rings. The summed E-state index contributed by atoms with van der Waals surface area (Å²) in [5.41, 5.74) is 5.02. The van der Waals surface area contributed by atoms with Gasteiger partial charge in [0.1, 0.15) is 6.54 Å². The third-order valence-corrected chi connectivity index (χ3v) is 4.28. The monoisotopic (exact) mass is 352 g/mol. The van der Waals surface area contributed by atoms with Crippen molar-refractivity contribution in [2.45, 2.75) is 26.8 Å². The number of nitrogens with one attached hydrogen (secondary N) is 1. The van der Waals surface area contributed by atoms with E-state index in [1.54, 1.807) is 18.0 Å². The van der Waals surface area contributed by atoms with E-state index in [1.165, 1.54) is 5.56 Å². The number of aromatic nitrogens is 3. The molecule has 0 unspecified atom stereocenters. The van der Waals surface area contributed by atoms with E-state index in [1.807, 2.05) is 19.1 Å². The van der Waals surface area contributed by atoms with Crippen LogP contribution in [0.3, 0.4) is 0 Å². The average Bonchev–Trinajstić information content (AvgIpc) is 2.95. The number of carbonyl (C=O) groups is 1. The van der Waals surface area contributed by atoms with Crippen molar-refractivity contribution in [3.8, 4) is 11.1 Å². The van der Waals surface area contributed by atoms with Gasteiger partial charge < -0.3 is 10.1 Å². The van der Waals surface area contributed by atoms with E-state index in [-0.39, 0.29) is 12.5 Å². The summed E-state index contributed by atoms with van der Waals surface area (Å²) in [6.07, 6.45) is 2.56. The lowest BCUT2D eigenvalue weighted by Gasteiger charge is -2.07. The molecule has 0 spiro atoms. The van der Waals surface area contributed by atoms with Crippen molar-refractivity contribution < 1.29 is 9.53 Å². The highest BCUT2D eigenvalue weighted by Gasteiger charge is 2.15. The number of methoxy groups -OCH3 is 1. The maximum absolute atomic E-state index is 12.2. The van der Waals surface area contributed by atoms with Gasteiger partial charge in [-0.25, -0.2) is 9.67 Å². The number of nitrogens with zero attached hydrogens (tertiary/aromatic N) is 3. The van der Waals surface area contributed by atoms with Gasteiger partial charge in [0.2, 0.25) is 5.91 Å². The van der Waals surface area contributed by atoms with Crippen LogP contribution in [0.5, 0.6) is 0 Å². The zero-order valence-corrected chi connectivity index (χ0v) is 15.5. The van der Waals surface area contributed by atoms with Crippen LogP contribution in [0.2, 0.25) is 0 Å². The molecule has 2 aromatic heterocycles. The molecule has 6 heteroatoms. The number of benzene rings is 1. The van der Waals surface area contributed by atoms with Crippen LogP contribution in [-0.2, 0) is 16.1 Å². The number of aryl methyl sites for hydroxylation is 2. The van der Waals surface area contributed by atoms with Crippen molar-refractivity contribution in [1.29, 1.82) is 0 Å². The predicted octanol–water partition coefficient (Wildman–Crippen LogP) is 2.87. The van der Waals surface area contributed by atoms with Crippen LogP contribution in [0.15, 0.2) is 36.5 Å². The van der Waals surface area contributed by atoms with Crippen LogP contribution in [-0.4, -0.2) is 40.9 Å². The van der Waals surface area contributed by atoms with Gasteiger partial charge in [-0.05, 0) is 37.5 Å². The third kappa shape index (κ3) is 3.91. The van der Waals surface area contributed by atoms with Crippen molar-refractivity contribution in [1.82, 2.24) is 20.1 Å². The Kier molecular flexibility index (Phi) is 5.63. The first-order valence-corrected chi connectivity index (χ1v) is 8.75. The Labute approximate surface area is 153 Å². The van der Waals surface area contributed by atoms with Gasteiger partial charge in [-0.2, -0.15) is 5.10 Å². The first kappa shape index (κ1) is 18.1. The van der Waals surface area contributed by atoms with Crippen LogP contribution in [0.4, 0.5) is 0 Å². The molecular formula is C20H24N4O2. The van der Waals surface area contributed by atoms with Gasteiger partial charge in [0.15, 0.2) is 5.65 Å². The van der Waals surface area contributed by atoms with E-state index in [0.29, 0.717) is 13.2 Å². The molecule has 0 saturated heterocycles. The summed E-state index contributed by atoms with van der Waals surface area (Å²) in [4.78, 5) is 16.7. The lowest BCUT2D eigenvalue weighted by molar-refractivity contribution is -0.121. The second kappa shape index (κ2) is 8.10. The quantitative estimate of drug-likeness (QED) is 0.664. The molecule has 0 fully saturated rings. The van der Waals surface area contributed by atoms with Gasteiger partial charge in [-0.15, -0.1) is 0 Å². The minimum Gasteiger partial charge on any atom is -0.385 e. The van der Waals surface area contributed by atoms with E-state index in [4.69, 9.17) is 4.74 Å². The summed E-state index contributed by atoms with van der Waals surface area (Å²) in [5.74, 6) is -0.0757. The Morgan fingerprint density at radius 2 is 2.12 bits per heavy atom. The Bertz CT molecular complexity index is 917. The molecule has 0 radical (unpaired) electrons. The summed E-state index contributed by atoms with van der Waals surface area (Å²) in [6.45, 7) is 5.41. The van der Waals surface area contributed by atoms with Crippen LogP contribution in [0, 0.1) is 13.8 Å². The Hall–Kier alpha value is -2.73. The van der Waals surface area contributed by atoms with Gasteiger partial charge >= 0.3 is 0 Å². The van der Waals surface area contributed by atoms with Crippen molar-refractivity contribution in [3.05, 3.63) is 47.8 Å². The topological polar surface area (TPSA) is 69.0 Å². The molecule has 0 aliphatic heterocycles. The molecule has 0 aliphatic rings. The zero-order chi connectivity index (χ0) is 18.5. The fraction of sp³-hybridized carbons (Fsp3) is 0.350. The van der Waals surface area contributed by atoms with Crippen LogP contribution >= 0.6 is 0 Å². The number of fused-ring (bicyclic) bond motifs is 1. The molecule has 1 aromatic carbocycles. The molecule has 0 saturated carbocycles. The van der Waals surface area contributed by atoms with Gasteiger partial charge in [-0.1, -0.05) is 29.8 Å². The van der Waals surface area contributed by atoms with Crippen molar-refractivity contribution in [3.63, 3.8) is 0 Å². The highest BCUT2D eigenvalue weighted by molar-refractivity contribution is 5.95. The predicted molar refractivity (Wildman–Crippen MR) is 102 cm³/mol. The first-order valence-electron chi connectivity index (χ1n) is 8.75. The molecule has 3 rings (SSSR count). The fourth-order valence-electron chi connectivity index (χ4n) is 3.08. The Morgan fingerprint density at radius 3 is 2.88 bits per heavy atom. The third-order valence-electron chi connectivity index (χ3n) is 4.28. The Balaban J connectivity index is 1.88. The second-order valence-electron chi connectivity index (χ2n) is 6.37. The van der Waals surface area contributed by atoms with E-state index in [2.05, 4.69) is 40.5 Å². The van der Waals surface area contributed by atoms with Gasteiger partial charge in [-0.3, -0.25) is 4.79 Å². The summed E-state index contributed by atoms with van der Waals surface area (Å²) >= 11 is 0. The molecule has 136 valence electrons. The van der Waals surface area contributed by atoms with Gasteiger partial charge in [0.25, 0.3) is 0 Å². The van der Waals surface area contributed by atoms with Crippen molar-refractivity contribution in [2.24, 2.45) is 0 Å². The van der Waals surface area contributed by atoms with E-state index < -0.39 is 0 Å². The summed E-state index contributed by atoms with van der Waals surface area (Å²) in [6, 6.07) is 10.4. The Morgan fingerprint density at radius 1 is 1.27 bits per heavy atom. The number of carbonyl (C=O) groups excluding carboxylic acids is 1. The standard InChI is InChI=1S/C20H24N4O2/c1-14-6-4-7-16(12-14)17-8-10-22-20-19(17)15(2)23-24(20)13-18(25)21-9-5-11-26-3/h4,6-8,10,12H,5,9,11,13H2,1-3H3,(H,21,25). The minimum atomic E-state index is -0.0757. The maximum atomic E-state index is 12.2. The molecular weight excluding hydrogens is 328 g/mol. The average molecular weight is 352 g/mol. The number of amides is 1. The lowest BCUT2D eigenvalue weighted by Crippen LogP contribution is -2.29. The zero-order valence-electron chi connectivity index (χ0n) is 15.5. The summed E-state index contributed by atoms with van der Waals surface area (Å²) in [7, 11) is 1.65. The van der Waals surface area contributed by atoms with Gasteiger partial charge in [0, 0.05) is 31.8 Å². The number of rotatable bonds is 7. The second-order valence-corrected chi connectivity index (χ2v) is 6.37. The largest absolute Gasteiger partial charge is 0.385 e. The minimum absolute atomic E-state index is 0.0757. The van der Waals surface area contributed by atoms with Crippen LogP contribution in [0.1, 0.15) is 17.7 Å². The highest BCUT2D eigenvalue weighted by atomic mass is 16.5. The molecule has 0 atom stereocenters. The molecule has 1 N–H and O–H groups in total. The fourth-order valence-corrected chi connectivity index (χ4v) is 3.08. The number of ether oxygens (including phenoxy) is 1. The van der Waals surface area contributed by atoms with Crippen molar-refractivity contribution >= 4 is 16.9 Å². The lowest BCUT2D eigenvalue weighted by atomic mass is 10.0. The van der Waals surface area contributed by atoms with Crippen molar-refractivity contribution in [2.75, 3.05) is 20.3 Å². The molecule has 1 amide bonds. The molecule has 6 nitrogen and oxygen atoms in total. The molecule has 0 aliphatic carbocycles. The maximum Gasteiger partial charge on any atom is 0.241 e. The van der Waals surface area contributed by atoms with Crippen LogP contribution in [0.25, 0.3) is 22.2 Å². The molecule has 0 bridgehead atoms. The molecule has 26 heavy (non-hydrogen) atoms. The SMILES string of the molecule is COCCCNC(=O)Cn1nc(C)c2c(-c3cccc(C)c3)ccnc21. The summed E-state index contributed by atoms with van der Waals surface area (Å²) in [5, 5.41) is 8.43. The van der Waals surface area contributed by atoms with E-state index in [9.17, 15) is 4.79 Å². The smallest absolute Gasteiger partial charge is 0.241 e. The number of hydrogen-bond acceptors (Lipinski definition) is 4. The normalized spacial score (nSPS) is 11.0. The number of pyridine rings is 1.